The quantitative estimate of drug-likeness (QED) is 0.590. The van der Waals surface area contributed by atoms with Gasteiger partial charge in [0.15, 0.2) is 5.78 Å². The maximum atomic E-state index is 11.9. The van der Waals surface area contributed by atoms with Crippen LogP contribution in [0.15, 0.2) is 24.3 Å². The molecule has 0 aromatic rings. The van der Waals surface area contributed by atoms with Gasteiger partial charge in [-0.2, -0.15) is 0 Å². The molecule has 1 aliphatic heterocycles. The third-order valence-electron chi connectivity index (χ3n) is 8.29. The fourth-order valence-corrected chi connectivity index (χ4v) is 6.94. The number of fused-ring (bicyclic) bond motifs is 4. The molecule has 1 heterocycles. The second-order valence-corrected chi connectivity index (χ2v) is 9.21. The summed E-state index contributed by atoms with van der Waals surface area (Å²) in [7, 11) is 0. The summed E-state index contributed by atoms with van der Waals surface area (Å²) in [6.07, 6.45) is 19.2. The van der Waals surface area contributed by atoms with Crippen molar-refractivity contribution < 1.29 is 9.53 Å². The molecule has 2 saturated carbocycles. The molecule has 2 nitrogen and oxygen atoms in total. The minimum Gasteiger partial charge on any atom is -0.366 e. The van der Waals surface area contributed by atoms with Crippen LogP contribution in [0.2, 0.25) is 0 Å². The lowest BCUT2D eigenvalue weighted by Crippen LogP contribution is -2.51. The van der Waals surface area contributed by atoms with E-state index in [0.717, 1.165) is 49.5 Å². The monoisotopic (exact) mass is 342 g/mol. The van der Waals surface area contributed by atoms with Gasteiger partial charge in [-0.15, -0.1) is 0 Å². The van der Waals surface area contributed by atoms with Crippen LogP contribution in [0.25, 0.3) is 0 Å². The maximum absolute atomic E-state index is 11.9. The van der Waals surface area contributed by atoms with E-state index in [0.29, 0.717) is 11.2 Å². The van der Waals surface area contributed by atoms with E-state index in [9.17, 15) is 4.79 Å². The molecule has 138 valence electrons. The predicted octanol–water partition coefficient (Wildman–Crippen LogP) is 5.48. The van der Waals surface area contributed by atoms with E-state index in [-0.39, 0.29) is 5.60 Å². The molecule has 3 aliphatic carbocycles. The highest BCUT2D eigenvalue weighted by atomic mass is 16.5. The molecular formula is C23H34O2. The minimum atomic E-state index is 0.0159. The molecule has 0 radical (unpaired) electrons. The summed E-state index contributed by atoms with van der Waals surface area (Å²) < 4.78 is 6.37. The van der Waals surface area contributed by atoms with Gasteiger partial charge >= 0.3 is 0 Å². The van der Waals surface area contributed by atoms with Crippen molar-refractivity contribution in [2.45, 2.75) is 77.2 Å². The van der Waals surface area contributed by atoms with Crippen molar-refractivity contribution in [1.29, 1.82) is 0 Å². The van der Waals surface area contributed by atoms with Gasteiger partial charge in [-0.05, 0) is 74.7 Å². The molecule has 4 rings (SSSR count). The van der Waals surface area contributed by atoms with E-state index in [2.05, 4.69) is 32.1 Å². The molecular weight excluding hydrogens is 308 g/mol. The van der Waals surface area contributed by atoms with Gasteiger partial charge in [0.25, 0.3) is 0 Å². The molecule has 0 saturated heterocycles. The summed E-state index contributed by atoms with van der Waals surface area (Å²) in [5, 5.41) is 0. The highest BCUT2D eigenvalue weighted by Gasteiger charge is 2.62. The normalized spacial score (nSPS) is 48.3. The van der Waals surface area contributed by atoms with Crippen LogP contribution in [-0.4, -0.2) is 18.0 Å². The Morgan fingerprint density at radius 2 is 2.08 bits per heavy atom. The average Bonchev–Trinajstić information content (AvgIpc) is 3.20. The Labute approximate surface area is 153 Å². The average molecular weight is 343 g/mol. The second kappa shape index (κ2) is 6.68. The predicted molar refractivity (Wildman–Crippen MR) is 101 cm³/mol. The second-order valence-electron chi connectivity index (χ2n) is 9.21. The van der Waals surface area contributed by atoms with E-state index < -0.39 is 0 Å². The molecule has 0 N–H and O–H groups in total. The van der Waals surface area contributed by atoms with Crippen molar-refractivity contribution in [3.8, 4) is 0 Å². The minimum absolute atomic E-state index is 0.0159. The van der Waals surface area contributed by atoms with Gasteiger partial charge < -0.3 is 4.74 Å². The van der Waals surface area contributed by atoms with Crippen LogP contribution in [-0.2, 0) is 9.53 Å². The summed E-state index contributed by atoms with van der Waals surface area (Å²) in [6.45, 7) is 5.69. The number of ketones is 1. The first-order chi connectivity index (χ1) is 12.1. The largest absolute Gasteiger partial charge is 0.366 e. The number of rotatable bonds is 1. The molecule has 0 aromatic carbocycles. The van der Waals surface area contributed by atoms with E-state index >= 15 is 0 Å². The number of carbonyl (C=O) groups is 1. The zero-order valence-corrected chi connectivity index (χ0v) is 16.0. The van der Waals surface area contributed by atoms with Gasteiger partial charge in [0.05, 0.1) is 12.2 Å². The van der Waals surface area contributed by atoms with Gasteiger partial charge in [0.2, 0.25) is 0 Å². The molecule has 6 unspecified atom stereocenters. The lowest BCUT2D eigenvalue weighted by molar-refractivity contribution is -0.116. The zero-order valence-electron chi connectivity index (χ0n) is 16.0. The van der Waals surface area contributed by atoms with Crippen LogP contribution in [0.5, 0.6) is 0 Å². The Morgan fingerprint density at radius 1 is 1.20 bits per heavy atom. The van der Waals surface area contributed by atoms with Crippen molar-refractivity contribution in [3.63, 3.8) is 0 Å². The summed E-state index contributed by atoms with van der Waals surface area (Å²) in [5.74, 6) is 3.44. The van der Waals surface area contributed by atoms with Crippen molar-refractivity contribution in [1.82, 2.24) is 0 Å². The Bertz CT molecular complexity index is 577. The first-order valence-electron chi connectivity index (χ1n) is 10.6. The number of ether oxygens (including phenoxy) is 1. The van der Waals surface area contributed by atoms with Crippen LogP contribution in [0.4, 0.5) is 0 Å². The SMILES string of the molecule is CCC1C/C=C/C(=O)CCCC2CCC3(C)C(CCC34C=CCO4)C12. The highest BCUT2D eigenvalue weighted by Crippen LogP contribution is 2.65. The highest BCUT2D eigenvalue weighted by molar-refractivity contribution is 5.89. The lowest BCUT2D eigenvalue weighted by Gasteiger charge is -2.53. The molecule has 2 fully saturated rings. The Morgan fingerprint density at radius 3 is 2.84 bits per heavy atom. The molecule has 2 heteroatoms. The van der Waals surface area contributed by atoms with Gasteiger partial charge in [0.1, 0.15) is 0 Å². The van der Waals surface area contributed by atoms with Crippen LogP contribution < -0.4 is 0 Å². The van der Waals surface area contributed by atoms with E-state index in [1.54, 1.807) is 0 Å². The maximum Gasteiger partial charge on any atom is 0.155 e. The number of hydrogen-bond donors (Lipinski definition) is 0. The van der Waals surface area contributed by atoms with Crippen molar-refractivity contribution in [2.24, 2.45) is 29.1 Å². The molecule has 6 atom stereocenters. The molecule has 0 amide bonds. The van der Waals surface area contributed by atoms with Gasteiger partial charge in [-0.25, -0.2) is 0 Å². The molecule has 4 aliphatic rings. The van der Waals surface area contributed by atoms with Crippen LogP contribution in [0.1, 0.15) is 71.6 Å². The van der Waals surface area contributed by atoms with E-state index in [1.165, 1.54) is 38.5 Å². The van der Waals surface area contributed by atoms with Crippen molar-refractivity contribution >= 4 is 5.78 Å². The molecule has 1 spiro atoms. The van der Waals surface area contributed by atoms with Crippen LogP contribution in [0, 0.1) is 29.1 Å². The van der Waals surface area contributed by atoms with Crippen LogP contribution >= 0.6 is 0 Å². The lowest BCUT2D eigenvalue weighted by atomic mass is 9.53. The van der Waals surface area contributed by atoms with Gasteiger partial charge in [-0.3, -0.25) is 4.79 Å². The van der Waals surface area contributed by atoms with Gasteiger partial charge in [-0.1, -0.05) is 38.5 Å². The summed E-state index contributed by atoms with van der Waals surface area (Å²) >= 11 is 0. The Balaban J connectivity index is 1.66. The summed E-state index contributed by atoms with van der Waals surface area (Å²) in [4.78, 5) is 11.9. The number of hydrogen-bond acceptors (Lipinski definition) is 2. The number of carbonyl (C=O) groups excluding carboxylic acids is 1. The van der Waals surface area contributed by atoms with Crippen molar-refractivity contribution in [2.75, 3.05) is 6.61 Å². The summed E-state index contributed by atoms with van der Waals surface area (Å²) in [5.41, 5.74) is 0.320. The topological polar surface area (TPSA) is 26.3 Å². The van der Waals surface area contributed by atoms with Crippen molar-refractivity contribution in [3.05, 3.63) is 24.3 Å². The van der Waals surface area contributed by atoms with Gasteiger partial charge in [0, 0.05) is 11.8 Å². The third kappa shape index (κ3) is 2.76. The fraction of sp³-hybridized carbons (Fsp3) is 0.783. The Hall–Kier alpha value is -0.890. The standard InChI is InChI=1S/C23H34O2/c1-3-17-7-4-9-19(24)10-5-8-18-11-14-22(2)20(21(17)18)12-15-23(22)13-6-16-25-23/h4,6,9,13,17-18,20-21H,3,5,7-8,10-12,14-16H2,1-2H3/b9-4+. The van der Waals surface area contributed by atoms with E-state index in [1.807, 2.05) is 6.08 Å². The van der Waals surface area contributed by atoms with Crippen LogP contribution in [0.3, 0.4) is 0 Å². The first-order valence-corrected chi connectivity index (χ1v) is 10.6. The smallest absolute Gasteiger partial charge is 0.155 e. The molecule has 0 bridgehead atoms. The Kier molecular flexibility index (Phi) is 4.68. The third-order valence-corrected chi connectivity index (χ3v) is 8.29. The molecule has 0 aromatic heterocycles. The summed E-state index contributed by atoms with van der Waals surface area (Å²) in [6, 6.07) is 0. The zero-order chi connectivity index (χ0) is 17.5. The fourth-order valence-electron chi connectivity index (χ4n) is 6.94. The first kappa shape index (κ1) is 17.5. The number of allylic oxidation sites excluding steroid dienone is 2. The van der Waals surface area contributed by atoms with E-state index in [4.69, 9.17) is 4.74 Å². The molecule has 25 heavy (non-hydrogen) atoms.